The van der Waals surface area contributed by atoms with Crippen molar-refractivity contribution >= 4 is 34.0 Å². The largest absolute Gasteiger partial charge is 0.312 e. The van der Waals surface area contributed by atoms with Gasteiger partial charge in [0.25, 0.3) is 0 Å². The Labute approximate surface area is 169 Å². The lowest BCUT2D eigenvalue weighted by atomic mass is 9.95. The van der Waals surface area contributed by atoms with E-state index in [2.05, 4.69) is 55.1 Å². The molecule has 144 valence electrons. The number of thiazole rings is 1. The molecule has 2 aliphatic rings. The summed E-state index contributed by atoms with van der Waals surface area (Å²) in [6.07, 6.45) is 2.35. The monoisotopic (exact) mass is 404 g/mol. The fourth-order valence-corrected chi connectivity index (χ4v) is 5.10. The van der Waals surface area contributed by atoms with E-state index in [1.54, 1.807) is 11.3 Å². The number of aromatic nitrogens is 4. The average molecular weight is 405 g/mol. The van der Waals surface area contributed by atoms with E-state index < -0.39 is 0 Å². The first-order chi connectivity index (χ1) is 12.8. The van der Waals surface area contributed by atoms with Crippen molar-refractivity contribution in [3.05, 3.63) is 40.4 Å². The third kappa shape index (κ3) is 3.74. The minimum absolute atomic E-state index is 0. The van der Waals surface area contributed by atoms with Crippen LogP contribution in [0.1, 0.15) is 41.0 Å². The van der Waals surface area contributed by atoms with Crippen LogP contribution in [0, 0.1) is 6.92 Å². The Balaban J connectivity index is 0.00000180. The zero-order chi connectivity index (χ0) is 17.5. The second kappa shape index (κ2) is 7.83. The van der Waals surface area contributed by atoms with Gasteiger partial charge in [0.1, 0.15) is 11.6 Å². The molecule has 0 amide bonds. The van der Waals surface area contributed by atoms with Gasteiger partial charge in [-0.3, -0.25) is 4.90 Å². The summed E-state index contributed by atoms with van der Waals surface area (Å²) < 4.78 is 3.65. The molecule has 2 aliphatic heterocycles. The molecule has 0 spiro atoms. The lowest BCUT2D eigenvalue weighted by molar-refractivity contribution is 0.199. The standard InChI is InChI=1S/C19H24N6S.ClH/c1-13-21-16-3-2-14(10-17(16)26-13)12-24-7-4-15(5-8-24)19-23-22-18-11-20-6-9-25(18)19;/h2-3,10,15,20H,4-9,11-12H2,1H3;1H. The summed E-state index contributed by atoms with van der Waals surface area (Å²) in [5.74, 6) is 2.86. The van der Waals surface area contributed by atoms with Crippen LogP contribution in [0.2, 0.25) is 0 Å². The van der Waals surface area contributed by atoms with Gasteiger partial charge in [-0.2, -0.15) is 0 Å². The lowest BCUT2D eigenvalue weighted by Crippen LogP contribution is -2.34. The molecule has 27 heavy (non-hydrogen) atoms. The molecule has 4 heterocycles. The van der Waals surface area contributed by atoms with Gasteiger partial charge in [0, 0.05) is 25.6 Å². The van der Waals surface area contributed by atoms with Crippen molar-refractivity contribution in [1.82, 2.24) is 30.0 Å². The number of likely N-dealkylation sites (tertiary alicyclic amines) is 1. The van der Waals surface area contributed by atoms with Gasteiger partial charge in [0.15, 0.2) is 0 Å². The van der Waals surface area contributed by atoms with Crippen molar-refractivity contribution in [2.24, 2.45) is 0 Å². The minimum atomic E-state index is 0. The van der Waals surface area contributed by atoms with E-state index in [0.29, 0.717) is 5.92 Å². The van der Waals surface area contributed by atoms with Crippen molar-refractivity contribution in [2.75, 3.05) is 19.6 Å². The van der Waals surface area contributed by atoms with Gasteiger partial charge in [0.2, 0.25) is 0 Å². The summed E-state index contributed by atoms with van der Waals surface area (Å²) in [5.41, 5.74) is 2.52. The van der Waals surface area contributed by atoms with E-state index in [0.717, 1.165) is 55.6 Å². The Morgan fingerprint density at radius 1 is 1.19 bits per heavy atom. The number of rotatable bonds is 3. The SMILES string of the molecule is Cc1nc2ccc(CN3CCC(c4nnc5n4CCNC5)CC3)cc2s1.Cl. The Morgan fingerprint density at radius 3 is 2.89 bits per heavy atom. The van der Waals surface area contributed by atoms with Gasteiger partial charge < -0.3 is 9.88 Å². The molecular weight excluding hydrogens is 380 g/mol. The van der Waals surface area contributed by atoms with E-state index >= 15 is 0 Å². The molecule has 0 radical (unpaired) electrons. The van der Waals surface area contributed by atoms with E-state index in [-0.39, 0.29) is 12.4 Å². The summed E-state index contributed by atoms with van der Waals surface area (Å²) in [5, 5.41) is 13.4. The second-order valence-corrected chi connectivity index (χ2v) is 8.62. The van der Waals surface area contributed by atoms with Crippen LogP contribution in [-0.2, 0) is 19.6 Å². The van der Waals surface area contributed by atoms with Crippen LogP contribution < -0.4 is 5.32 Å². The van der Waals surface area contributed by atoms with Crippen LogP contribution in [0.4, 0.5) is 0 Å². The Kier molecular flexibility index (Phi) is 5.45. The molecule has 1 N–H and O–H groups in total. The fourth-order valence-electron chi connectivity index (χ4n) is 4.21. The molecule has 1 fully saturated rings. The van der Waals surface area contributed by atoms with Gasteiger partial charge in [0.05, 0.1) is 21.8 Å². The molecule has 0 unspecified atom stereocenters. The smallest absolute Gasteiger partial charge is 0.147 e. The maximum atomic E-state index is 4.56. The van der Waals surface area contributed by atoms with Crippen molar-refractivity contribution in [3.63, 3.8) is 0 Å². The summed E-state index contributed by atoms with van der Waals surface area (Å²) >= 11 is 1.79. The zero-order valence-corrected chi connectivity index (χ0v) is 17.2. The number of hydrogen-bond acceptors (Lipinski definition) is 6. The molecule has 6 nitrogen and oxygen atoms in total. The molecule has 1 aromatic carbocycles. The van der Waals surface area contributed by atoms with Crippen LogP contribution >= 0.6 is 23.7 Å². The predicted octanol–water partition coefficient (Wildman–Crippen LogP) is 3.10. The van der Waals surface area contributed by atoms with E-state index in [9.17, 15) is 0 Å². The molecular formula is C19H25ClN6S. The van der Waals surface area contributed by atoms with Crippen molar-refractivity contribution in [1.29, 1.82) is 0 Å². The van der Waals surface area contributed by atoms with Gasteiger partial charge in [-0.05, 0) is 50.6 Å². The number of aryl methyl sites for hydroxylation is 1. The van der Waals surface area contributed by atoms with E-state index in [4.69, 9.17) is 0 Å². The molecule has 5 rings (SSSR count). The van der Waals surface area contributed by atoms with Gasteiger partial charge in [-0.15, -0.1) is 33.9 Å². The number of piperidine rings is 1. The molecule has 8 heteroatoms. The number of fused-ring (bicyclic) bond motifs is 2. The van der Waals surface area contributed by atoms with Crippen LogP contribution in [0.25, 0.3) is 10.2 Å². The highest BCUT2D eigenvalue weighted by Gasteiger charge is 2.27. The van der Waals surface area contributed by atoms with Gasteiger partial charge in [-0.1, -0.05) is 6.07 Å². The van der Waals surface area contributed by atoms with Crippen LogP contribution in [0.15, 0.2) is 18.2 Å². The second-order valence-electron chi connectivity index (χ2n) is 7.39. The first-order valence-corrected chi connectivity index (χ1v) is 10.3. The number of benzene rings is 1. The Morgan fingerprint density at radius 2 is 2.04 bits per heavy atom. The average Bonchev–Trinajstić information content (AvgIpc) is 3.24. The molecule has 3 aromatic rings. The molecule has 0 aliphatic carbocycles. The van der Waals surface area contributed by atoms with Crippen molar-refractivity contribution < 1.29 is 0 Å². The van der Waals surface area contributed by atoms with Crippen molar-refractivity contribution in [2.45, 2.75) is 45.3 Å². The Bertz CT molecular complexity index is 928. The van der Waals surface area contributed by atoms with Gasteiger partial charge >= 0.3 is 0 Å². The summed E-state index contributed by atoms with van der Waals surface area (Å²) in [6, 6.07) is 6.71. The lowest BCUT2D eigenvalue weighted by Gasteiger charge is -2.32. The van der Waals surface area contributed by atoms with E-state index in [1.807, 2.05) is 0 Å². The van der Waals surface area contributed by atoms with Crippen LogP contribution in [-0.4, -0.2) is 44.3 Å². The molecule has 1 saturated heterocycles. The minimum Gasteiger partial charge on any atom is -0.312 e. The first-order valence-electron chi connectivity index (χ1n) is 9.47. The van der Waals surface area contributed by atoms with E-state index in [1.165, 1.54) is 28.9 Å². The fraction of sp³-hybridized carbons (Fsp3) is 0.526. The highest BCUT2D eigenvalue weighted by Crippen LogP contribution is 2.29. The molecule has 0 bridgehead atoms. The third-order valence-electron chi connectivity index (χ3n) is 5.57. The number of nitrogens with zero attached hydrogens (tertiary/aromatic N) is 5. The normalized spacial score (nSPS) is 18.4. The number of hydrogen-bond donors (Lipinski definition) is 1. The number of nitrogens with one attached hydrogen (secondary N) is 1. The summed E-state index contributed by atoms with van der Waals surface area (Å²) in [7, 11) is 0. The molecule has 2 aromatic heterocycles. The number of halogens is 1. The molecule has 0 saturated carbocycles. The highest BCUT2D eigenvalue weighted by molar-refractivity contribution is 7.18. The maximum Gasteiger partial charge on any atom is 0.147 e. The van der Waals surface area contributed by atoms with Crippen LogP contribution in [0.3, 0.4) is 0 Å². The quantitative estimate of drug-likeness (QED) is 0.726. The third-order valence-corrected chi connectivity index (χ3v) is 6.50. The van der Waals surface area contributed by atoms with Crippen molar-refractivity contribution in [3.8, 4) is 0 Å². The topological polar surface area (TPSA) is 58.9 Å². The summed E-state index contributed by atoms with van der Waals surface area (Å²) in [4.78, 5) is 7.13. The predicted molar refractivity (Wildman–Crippen MR) is 111 cm³/mol. The van der Waals surface area contributed by atoms with Crippen LogP contribution in [0.5, 0.6) is 0 Å². The maximum absolute atomic E-state index is 4.56. The zero-order valence-electron chi connectivity index (χ0n) is 15.5. The summed E-state index contributed by atoms with van der Waals surface area (Å²) in [6.45, 7) is 8.25. The van der Waals surface area contributed by atoms with Gasteiger partial charge in [-0.25, -0.2) is 4.98 Å². The highest BCUT2D eigenvalue weighted by atomic mass is 35.5. The Hall–Kier alpha value is -1.54. The molecule has 0 atom stereocenters. The first kappa shape index (κ1) is 18.8.